The first-order chi connectivity index (χ1) is 10.4. The molecule has 0 saturated carbocycles. The highest BCUT2D eigenvalue weighted by molar-refractivity contribution is 5.69. The number of fused-ring (bicyclic) bond motifs is 1. The van der Waals surface area contributed by atoms with Crippen molar-refractivity contribution < 1.29 is 9.53 Å². The molecule has 0 spiro atoms. The number of amides is 1. The van der Waals surface area contributed by atoms with Gasteiger partial charge in [0.05, 0.1) is 0 Å². The zero-order chi connectivity index (χ0) is 15.7. The SMILES string of the molecule is CC(C)(C)OC(=O)N1Cc2cccc(Cc3nn[nH]n3)c2C1. The fraction of sp³-hybridized carbons (Fsp3) is 0.467. The van der Waals surface area contributed by atoms with Crippen molar-refractivity contribution in [2.75, 3.05) is 0 Å². The summed E-state index contributed by atoms with van der Waals surface area (Å²) >= 11 is 0. The molecule has 1 aromatic carbocycles. The smallest absolute Gasteiger partial charge is 0.410 e. The van der Waals surface area contributed by atoms with Crippen LogP contribution in [0, 0.1) is 0 Å². The Morgan fingerprint density at radius 2 is 2.18 bits per heavy atom. The van der Waals surface area contributed by atoms with Gasteiger partial charge in [-0.1, -0.05) is 23.4 Å². The lowest BCUT2D eigenvalue weighted by atomic mass is 10.0. The molecule has 0 bridgehead atoms. The van der Waals surface area contributed by atoms with Gasteiger partial charge in [0.1, 0.15) is 5.60 Å². The van der Waals surface area contributed by atoms with Crippen LogP contribution in [-0.2, 0) is 24.2 Å². The van der Waals surface area contributed by atoms with Crippen molar-refractivity contribution in [3.63, 3.8) is 0 Å². The predicted molar refractivity (Wildman–Crippen MR) is 78.9 cm³/mol. The van der Waals surface area contributed by atoms with E-state index in [4.69, 9.17) is 4.74 Å². The van der Waals surface area contributed by atoms with Gasteiger partial charge in [0.2, 0.25) is 0 Å². The standard InChI is InChI=1S/C15H19N5O2/c1-15(2,3)22-14(21)20-8-11-6-4-5-10(12(11)9-20)7-13-16-18-19-17-13/h4-6H,7-9H2,1-3H3,(H,16,17,18,19). The largest absolute Gasteiger partial charge is 0.444 e. The summed E-state index contributed by atoms with van der Waals surface area (Å²) in [4.78, 5) is 13.9. The molecule has 0 unspecified atom stereocenters. The molecule has 7 heteroatoms. The van der Waals surface area contributed by atoms with Crippen LogP contribution in [0.4, 0.5) is 4.79 Å². The number of H-pyrrole nitrogens is 1. The number of nitrogens with zero attached hydrogens (tertiary/aromatic N) is 4. The van der Waals surface area contributed by atoms with Gasteiger partial charge >= 0.3 is 6.09 Å². The van der Waals surface area contributed by atoms with Crippen molar-refractivity contribution in [1.82, 2.24) is 25.5 Å². The highest BCUT2D eigenvalue weighted by atomic mass is 16.6. The van der Waals surface area contributed by atoms with Crippen molar-refractivity contribution in [2.24, 2.45) is 0 Å². The topological polar surface area (TPSA) is 84.0 Å². The summed E-state index contributed by atoms with van der Waals surface area (Å²) in [5, 5.41) is 14.0. The Labute approximate surface area is 128 Å². The van der Waals surface area contributed by atoms with E-state index in [9.17, 15) is 4.79 Å². The van der Waals surface area contributed by atoms with Crippen LogP contribution in [0.5, 0.6) is 0 Å². The maximum atomic E-state index is 12.2. The fourth-order valence-electron chi connectivity index (χ4n) is 2.54. The predicted octanol–water partition coefficient (Wildman–Crippen LogP) is 2.04. The molecule has 0 aliphatic carbocycles. The summed E-state index contributed by atoms with van der Waals surface area (Å²) in [6, 6.07) is 6.07. The highest BCUT2D eigenvalue weighted by Crippen LogP contribution is 2.28. The molecule has 1 aliphatic rings. The summed E-state index contributed by atoms with van der Waals surface area (Å²) in [6.45, 7) is 6.74. The molecule has 1 aromatic heterocycles. The molecule has 7 nitrogen and oxygen atoms in total. The van der Waals surface area contributed by atoms with E-state index in [0.717, 1.165) is 16.7 Å². The minimum atomic E-state index is -0.487. The Hall–Kier alpha value is -2.44. The van der Waals surface area contributed by atoms with Crippen molar-refractivity contribution in [1.29, 1.82) is 0 Å². The Balaban J connectivity index is 1.77. The number of ether oxygens (including phenoxy) is 1. The first-order valence-electron chi connectivity index (χ1n) is 7.22. The van der Waals surface area contributed by atoms with E-state index in [1.807, 2.05) is 39.0 Å². The first kappa shape index (κ1) is 14.5. The molecule has 0 fully saturated rings. The van der Waals surface area contributed by atoms with Gasteiger partial charge in [-0.15, -0.1) is 10.2 Å². The normalized spacial score (nSPS) is 14.0. The van der Waals surface area contributed by atoms with Crippen LogP contribution >= 0.6 is 0 Å². The molecule has 0 saturated heterocycles. The van der Waals surface area contributed by atoms with Gasteiger partial charge in [-0.3, -0.25) is 4.90 Å². The molecule has 2 aromatic rings. The zero-order valence-corrected chi connectivity index (χ0v) is 13.0. The second kappa shape index (κ2) is 5.40. The van der Waals surface area contributed by atoms with Gasteiger partial charge in [0, 0.05) is 19.5 Å². The third-order valence-electron chi connectivity index (χ3n) is 3.47. The van der Waals surface area contributed by atoms with Gasteiger partial charge in [-0.2, -0.15) is 5.21 Å². The molecule has 1 aliphatic heterocycles. The van der Waals surface area contributed by atoms with Crippen molar-refractivity contribution >= 4 is 6.09 Å². The third kappa shape index (κ3) is 3.08. The van der Waals surface area contributed by atoms with Crippen LogP contribution < -0.4 is 0 Å². The molecule has 0 radical (unpaired) electrons. The Kier molecular flexibility index (Phi) is 3.56. The Bertz CT molecular complexity index is 676. The van der Waals surface area contributed by atoms with Crippen LogP contribution in [0.25, 0.3) is 0 Å². The van der Waals surface area contributed by atoms with Crippen LogP contribution in [0.2, 0.25) is 0 Å². The summed E-state index contributed by atoms with van der Waals surface area (Å²) in [5.41, 5.74) is 2.93. The summed E-state index contributed by atoms with van der Waals surface area (Å²) in [6.07, 6.45) is 0.316. The van der Waals surface area contributed by atoms with Gasteiger partial charge in [0.15, 0.2) is 5.82 Å². The van der Waals surface area contributed by atoms with Crippen LogP contribution in [0.3, 0.4) is 0 Å². The molecular formula is C15H19N5O2. The maximum absolute atomic E-state index is 12.2. The molecular weight excluding hydrogens is 282 g/mol. The van der Waals surface area contributed by atoms with Gasteiger partial charge in [0.25, 0.3) is 0 Å². The number of hydrogen-bond acceptors (Lipinski definition) is 5. The monoisotopic (exact) mass is 301 g/mol. The minimum Gasteiger partial charge on any atom is -0.444 e. The van der Waals surface area contributed by atoms with Crippen LogP contribution in [-0.4, -0.2) is 37.2 Å². The van der Waals surface area contributed by atoms with E-state index in [1.54, 1.807) is 4.90 Å². The second-order valence-corrected chi connectivity index (χ2v) is 6.40. The Morgan fingerprint density at radius 3 is 2.86 bits per heavy atom. The van der Waals surface area contributed by atoms with E-state index in [0.29, 0.717) is 25.3 Å². The Morgan fingerprint density at radius 1 is 1.36 bits per heavy atom. The number of aromatic amines is 1. The molecule has 22 heavy (non-hydrogen) atoms. The second-order valence-electron chi connectivity index (χ2n) is 6.40. The molecule has 1 N–H and O–H groups in total. The van der Waals surface area contributed by atoms with Crippen molar-refractivity contribution in [2.45, 2.75) is 45.9 Å². The lowest BCUT2D eigenvalue weighted by molar-refractivity contribution is 0.0241. The molecule has 3 rings (SSSR count). The zero-order valence-electron chi connectivity index (χ0n) is 13.0. The fourth-order valence-corrected chi connectivity index (χ4v) is 2.54. The third-order valence-corrected chi connectivity index (χ3v) is 3.47. The average molecular weight is 301 g/mol. The van der Waals surface area contributed by atoms with E-state index in [1.165, 1.54) is 0 Å². The lowest BCUT2D eigenvalue weighted by Crippen LogP contribution is -2.33. The first-order valence-corrected chi connectivity index (χ1v) is 7.22. The lowest BCUT2D eigenvalue weighted by Gasteiger charge is -2.24. The van der Waals surface area contributed by atoms with Crippen molar-refractivity contribution in [3.05, 3.63) is 40.7 Å². The number of aromatic nitrogens is 4. The number of tetrazole rings is 1. The summed E-state index contributed by atoms with van der Waals surface area (Å²) in [7, 11) is 0. The average Bonchev–Trinajstić information content (AvgIpc) is 3.05. The van der Waals surface area contributed by atoms with Crippen LogP contribution in [0.15, 0.2) is 18.2 Å². The molecule has 0 atom stereocenters. The molecule has 2 heterocycles. The number of hydrogen-bond donors (Lipinski definition) is 1. The minimum absolute atomic E-state index is 0.283. The number of carbonyl (C=O) groups excluding carboxylic acids is 1. The van der Waals surface area contributed by atoms with Gasteiger partial charge in [-0.25, -0.2) is 4.79 Å². The molecule has 116 valence electrons. The quantitative estimate of drug-likeness (QED) is 0.917. The number of carbonyl (C=O) groups is 1. The highest BCUT2D eigenvalue weighted by Gasteiger charge is 2.29. The van der Waals surface area contributed by atoms with Crippen molar-refractivity contribution in [3.8, 4) is 0 Å². The summed E-state index contributed by atoms with van der Waals surface area (Å²) < 4.78 is 5.45. The van der Waals surface area contributed by atoms with E-state index < -0.39 is 5.60 Å². The van der Waals surface area contributed by atoms with Gasteiger partial charge in [-0.05, 0) is 37.5 Å². The molecule has 1 amide bonds. The van der Waals surface area contributed by atoms with E-state index in [-0.39, 0.29) is 6.09 Å². The number of benzene rings is 1. The van der Waals surface area contributed by atoms with E-state index >= 15 is 0 Å². The maximum Gasteiger partial charge on any atom is 0.410 e. The number of rotatable bonds is 2. The van der Waals surface area contributed by atoms with E-state index in [2.05, 4.69) is 20.6 Å². The summed E-state index contributed by atoms with van der Waals surface area (Å²) in [5.74, 6) is 0.643. The van der Waals surface area contributed by atoms with Crippen LogP contribution in [0.1, 0.15) is 43.3 Å². The van der Waals surface area contributed by atoms with Gasteiger partial charge < -0.3 is 4.74 Å². The number of nitrogens with one attached hydrogen (secondary N) is 1.